The van der Waals surface area contributed by atoms with E-state index in [0.29, 0.717) is 5.92 Å². The molecule has 2 aromatic carbocycles. The van der Waals surface area contributed by atoms with Crippen LogP contribution in [0.2, 0.25) is 0 Å². The molecule has 4 nitrogen and oxygen atoms in total. The number of benzene rings is 2. The number of carboxylic acids is 2. The van der Waals surface area contributed by atoms with Crippen LogP contribution in [0.1, 0.15) is 52.8 Å². The smallest absolute Gasteiger partial charge is 0.307 e. The van der Waals surface area contributed by atoms with Crippen molar-refractivity contribution in [3.8, 4) is 0 Å². The Hall–Kier alpha value is -2.62. The van der Waals surface area contributed by atoms with Gasteiger partial charge in [0.1, 0.15) is 0 Å². The molecule has 0 aromatic heterocycles. The van der Waals surface area contributed by atoms with Gasteiger partial charge in [-0.05, 0) is 72.4 Å². The fourth-order valence-corrected chi connectivity index (χ4v) is 3.84. The first kappa shape index (κ1) is 21.7. The van der Waals surface area contributed by atoms with Gasteiger partial charge in [-0.25, -0.2) is 0 Å². The Balaban J connectivity index is 2.23. The van der Waals surface area contributed by atoms with Crippen LogP contribution < -0.4 is 0 Å². The Morgan fingerprint density at radius 3 is 2.04 bits per heavy atom. The van der Waals surface area contributed by atoms with E-state index in [1.54, 1.807) is 0 Å². The minimum Gasteiger partial charge on any atom is -0.481 e. The lowest BCUT2D eigenvalue weighted by Gasteiger charge is -2.18. The quantitative estimate of drug-likeness (QED) is 0.668. The molecule has 150 valence electrons. The first-order valence-electron chi connectivity index (χ1n) is 9.82. The normalized spacial score (nSPS) is 12.0. The highest BCUT2D eigenvalue weighted by Crippen LogP contribution is 2.24. The molecule has 1 unspecified atom stereocenters. The van der Waals surface area contributed by atoms with E-state index in [9.17, 15) is 19.8 Å². The summed E-state index contributed by atoms with van der Waals surface area (Å²) in [5.74, 6) is -1.31. The summed E-state index contributed by atoms with van der Waals surface area (Å²) in [6.07, 6.45) is 2.54. The number of carboxylic acid groups (broad SMARTS) is 2. The molecule has 0 heterocycles. The van der Waals surface area contributed by atoms with Crippen molar-refractivity contribution in [3.05, 3.63) is 69.3 Å². The molecule has 0 aliphatic heterocycles. The Morgan fingerprint density at radius 2 is 1.43 bits per heavy atom. The molecule has 0 bridgehead atoms. The molecule has 4 heteroatoms. The van der Waals surface area contributed by atoms with Gasteiger partial charge in [-0.3, -0.25) is 9.59 Å². The Kier molecular flexibility index (Phi) is 7.38. The Morgan fingerprint density at radius 1 is 0.821 bits per heavy atom. The lowest BCUT2D eigenvalue weighted by Crippen LogP contribution is -2.11. The monoisotopic (exact) mass is 382 g/mol. The van der Waals surface area contributed by atoms with Crippen molar-refractivity contribution in [2.24, 2.45) is 5.92 Å². The third-order valence-electron chi connectivity index (χ3n) is 5.22. The lowest BCUT2D eigenvalue weighted by atomic mass is 9.87. The highest BCUT2D eigenvalue weighted by Gasteiger charge is 2.15. The summed E-state index contributed by atoms with van der Waals surface area (Å²) in [6.45, 7) is 8.31. The summed E-state index contributed by atoms with van der Waals surface area (Å²) in [4.78, 5) is 22.4. The topological polar surface area (TPSA) is 74.6 Å². The van der Waals surface area contributed by atoms with E-state index in [-0.39, 0.29) is 12.8 Å². The first-order chi connectivity index (χ1) is 13.2. The predicted molar refractivity (Wildman–Crippen MR) is 111 cm³/mol. The minimum atomic E-state index is -0.818. The van der Waals surface area contributed by atoms with E-state index < -0.39 is 11.9 Å². The Labute approximate surface area is 167 Å². The molecule has 0 saturated carbocycles. The van der Waals surface area contributed by atoms with Gasteiger partial charge in [-0.15, -0.1) is 0 Å². The van der Waals surface area contributed by atoms with Crippen molar-refractivity contribution in [2.75, 3.05) is 0 Å². The third-order valence-corrected chi connectivity index (χ3v) is 5.22. The molecule has 0 spiro atoms. The molecule has 2 N–H and O–H groups in total. The van der Waals surface area contributed by atoms with Crippen LogP contribution in [-0.4, -0.2) is 22.2 Å². The second-order valence-corrected chi connectivity index (χ2v) is 7.83. The molecule has 28 heavy (non-hydrogen) atoms. The van der Waals surface area contributed by atoms with Crippen LogP contribution in [0.25, 0.3) is 0 Å². The molecule has 2 rings (SSSR count). The van der Waals surface area contributed by atoms with Gasteiger partial charge in [0.05, 0.1) is 12.8 Å². The van der Waals surface area contributed by atoms with E-state index in [1.807, 2.05) is 32.0 Å². The fraction of sp³-hybridized carbons (Fsp3) is 0.417. The largest absolute Gasteiger partial charge is 0.481 e. The van der Waals surface area contributed by atoms with Crippen LogP contribution >= 0.6 is 0 Å². The standard InChI is InChI=1S/C24H30O4/c1-5-18-11-17(4)20(12-22(18)14-24(27)28)9-16(3)10-21-8-15(2)6-7-19(21)13-23(25)26/h6-8,11-12,16H,5,9-10,13-14H2,1-4H3,(H,25,26)(H,27,28). The molecule has 0 saturated heterocycles. The van der Waals surface area contributed by atoms with E-state index in [1.165, 1.54) is 11.1 Å². The first-order valence-corrected chi connectivity index (χ1v) is 9.82. The van der Waals surface area contributed by atoms with Crippen molar-refractivity contribution in [1.82, 2.24) is 0 Å². The van der Waals surface area contributed by atoms with Crippen LogP contribution in [0.4, 0.5) is 0 Å². The summed E-state index contributed by atoms with van der Waals surface area (Å²) < 4.78 is 0. The van der Waals surface area contributed by atoms with Crippen LogP contribution in [0.5, 0.6) is 0 Å². The zero-order chi connectivity index (χ0) is 20.8. The van der Waals surface area contributed by atoms with Gasteiger partial charge in [0, 0.05) is 0 Å². The molecule has 0 radical (unpaired) electrons. The minimum absolute atomic E-state index is 0.0370. The van der Waals surface area contributed by atoms with Crippen molar-refractivity contribution in [1.29, 1.82) is 0 Å². The van der Waals surface area contributed by atoms with E-state index in [4.69, 9.17) is 0 Å². The average molecular weight is 383 g/mol. The average Bonchev–Trinajstić information content (AvgIpc) is 2.59. The fourth-order valence-electron chi connectivity index (χ4n) is 3.84. The summed E-state index contributed by atoms with van der Waals surface area (Å²) in [7, 11) is 0. The zero-order valence-corrected chi connectivity index (χ0v) is 17.2. The van der Waals surface area contributed by atoms with E-state index in [2.05, 4.69) is 26.0 Å². The molecular weight excluding hydrogens is 352 g/mol. The summed E-state index contributed by atoms with van der Waals surface area (Å²) in [6, 6.07) is 10.1. The van der Waals surface area contributed by atoms with Gasteiger partial charge in [0.15, 0.2) is 0 Å². The summed E-state index contributed by atoms with van der Waals surface area (Å²) in [5, 5.41) is 18.4. The van der Waals surface area contributed by atoms with Gasteiger partial charge in [0.2, 0.25) is 0 Å². The molecule has 1 atom stereocenters. The SMILES string of the molecule is CCc1cc(C)c(CC(C)Cc2cc(C)ccc2CC(=O)O)cc1CC(=O)O. The van der Waals surface area contributed by atoms with Crippen molar-refractivity contribution in [2.45, 2.75) is 59.8 Å². The molecule has 0 aliphatic rings. The second kappa shape index (κ2) is 9.54. The summed E-state index contributed by atoms with van der Waals surface area (Å²) >= 11 is 0. The Bertz CT molecular complexity index is 867. The zero-order valence-electron chi connectivity index (χ0n) is 17.2. The van der Waals surface area contributed by atoms with Crippen LogP contribution in [0, 0.1) is 19.8 Å². The van der Waals surface area contributed by atoms with Crippen LogP contribution in [0.15, 0.2) is 30.3 Å². The van der Waals surface area contributed by atoms with Crippen LogP contribution in [0.3, 0.4) is 0 Å². The number of hydrogen-bond donors (Lipinski definition) is 2. The van der Waals surface area contributed by atoms with Gasteiger partial charge in [-0.1, -0.05) is 49.7 Å². The number of aryl methyl sites for hydroxylation is 3. The predicted octanol–water partition coefficient (Wildman–Crippen LogP) is 4.54. The van der Waals surface area contributed by atoms with Crippen molar-refractivity contribution in [3.63, 3.8) is 0 Å². The lowest BCUT2D eigenvalue weighted by molar-refractivity contribution is -0.137. The molecule has 0 amide bonds. The highest BCUT2D eigenvalue weighted by atomic mass is 16.4. The molecule has 0 aliphatic carbocycles. The van der Waals surface area contributed by atoms with Gasteiger partial charge < -0.3 is 10.2 Å². The molecular formula is C24H30O4. The van der Waals surface area contributed by atoms with Gasteiger partial charge in [0.25, 0.3) is 0 Å². The molecule has 2 aromatic rings. The number of hydrogen-bond acceptors (Lipinski definition) is 2. The molecule has 0 fully saturated rings. The van der Waals surface area contributed by atoms with E-state index >= 15 is 0 Å². The van der Waals surface area contributed by atoms with Gasteiger partial charge >= 0.3 is 11.9 Å². The van der Waals surface area contributed by atoms with Crippen molar-refractivity contribution < 1.29 is 19.8 Å². The van der Waals surface area contributed by atoms with Crippen LogP contribution in [-0.2, 0) is 41.7 Å². The number of aliphatic carboxylic acids is 2. The second-order valence-electron chi connectivity index (χ2n) is 7.83. The van der Waals surface area contributed by atoms with Crippen molar-refractivity contribution >= 4 is 11.9 Å². The highest BCUT2D eigenvalue weighted by molar-refractivity contribution is 5.71. The summed E-state index contributed by atoms with van der Waals surface area (Å²) in [5.41, 5.74) is 7.44. The third kappa shape index (κ3) is 5.95. The maximum Gasteiger partial charge on any atom is 0.307 e. The maximum atomic E-state index is 11.2. The van der Waals surface area contributed by atoms with Gasteiger partial charge in [-0.2, -0.15) is 0 Å². The number of rotatable bonds is 9. The van der Waals surface area contributed by atoms with E-state index in [0.717, 1.165) is 47.1 Å². The maximum absolute atomic E-state index is 11.2. The number of carbonyl (C=O) groups is 2.